The molecule has 0 unspecified atom stereocenters. The van der Waals surface area contributed by atoms with E-state index in [0.29, 0.717) is 5.56 Å². The molecule has 6 nitrogen and oxygen atoms in total. The molecule has 2 N–H and O–H groups in total. The number of carbonyl (C=O) groups is 1. The molecule has 1 aromatic carbocycles. The van der Waals surface area contributed by atoms with Crippen molar-refractivity contribution in [2.24, 2.45) is 0 Å². The molecule has 0 aliphatic heterocycles. The fraction of sp³-hybridized carbons (Fsp3) is 0.364. The van der Waals surface area contributed by atoms with Crippen molar-refractivity contribution in [3.8, 4) is 0 Å². The Balaban J connectivity index is 2.75. The average molecular weight is 272 g/mol. The van der Waals surface area contributed by atoms with Crippen LogP contribution in [0.1, 0.15) is 5.56 Å². The minimum Gasteiger partial charge on any atom is -0.375 e. The van der Waals surface area contributed by atoms with Gasteiger partial charge in [-0.2, -0.15) is 0 Å². The van der Waals surface area contributed by atoms with Crippen LogP contribution in [-0.2, 0) is 26.1 Å². The van der Waals surface area contributed by atoms with Gasteiger partial charge in [0, 0.05) is 13.7 Å². The summed E-state index contributed by atoms with van der Waals surface area (Å²) in [5, 5.41) is 2.62. The molecule has 18 heavy (non-hydrogen) atoms. The van der Waals surface area contributed by atoms with Gasteiger partial charge in [0.15, 0.2) is 0 Å². The Hall–Kier alpha value is -1.44. The van der Waals surface area contributed by atoms with E-state index in [4.69, 9.17) is 0 Å². The first kappa shape index (κ1) is 14.6. The number of hydrogen-bond acceptors (Lipinski definition) is 4. The van der Waals surface area contributed by atoms with Gasteiger partial charge >= 0.3 is 0 Å². The first-order chi connectivity index (χ1) is 8.49. The minimum absolute atomic E-state index is 0.0193. The topological polar surface area (TPSA) is 84.5 Å². The van der Waals surface area contributed by atoms with Crippen LogP contribution >= 0.6 is 0 Å². The van der Waals surface area contributed by atoms with Gasteiger partial charge in [-0.1, -0.05) is 12.1 Å². The van der Waals surface area contributed by atoms with Crippen molar-refractivity contribution in [2.45, 2.75) is 11.4 Å². The average Bonchev–Trinajstić information content (AvgIpc) is 2.37. The zero-order valence-electron chi connectivity index (χ0n) is 10.3. The Labute approximate surface area is 106 Å². The van der Waals surface area contributed by atoms with Crippen molar-refractivity contribution >= 4 is 15.9 Å². The maximum absolute atomic E-state index is 11.6. The minimum atomic E-state index is -3.46. The van der Waals surface area contributed by atoms with Crippen molar-refractivity contribution in [3.63, 3.8) is 0 Å². The summed E-state index contributed by atoms with van der Waals surface area (Å²) >= 11 is 0. The molecular weight excluding hydrogens is 256 g/mol. The molecule has 1 rings (SSSR count). The monoisotopic (exact) mass is 272 g/mol. The summed E-state index contributed by atoms with van der Waals surface area (Å²) in [6.07, 6.45) is 0. The van der Waals surface area contributed by atoms with Crippen LogP contribution in [0, 0.1) is 0 Å². The molecule has 0 saturated carbocycles. The number of amides is 1. The number of hydrogen-bond donors (Lipinski definition) is 2. The molecule has 0 aliphatic carbocycles. The summed E-state index contributed by atoms with van der Waals surface area (Å²) in [7, 11) is -0.677. The smallest absolute Gasteiger partial charge is 0.246 e. The maximum atomic E-state index is 11.6. The molecule has 100 valence electrons. The number of methoxy groups -OCH3 is 1. The second-order valence-corrected chi connectivity index (χ2v) is 5.45. The summed E-state index contributed by atoms with van der Waals surface area (Å²) in [5.41, 5.74) is 0.704. The van der Waals surface area contributed by atoms with Crippen LogP contribution in [0.4, 0.5) is 0 Å². The molecular formula is C11H16N2O4S. The van der Waals surface area contributed by atoms with Crippen molar-refractivity contribution in [1.29, 1.82) is 0 Å². The molecule has 0 radical (unpaired) electrons. The molecule has 0 heterocycles. The summed E-state index contributed by atoms with van der Waals surface area (Å²) in [5.74, 6) is -0.251. The Morgan fingerprint density at radius 2 is 2.11 bits per heavy atom. The third-order valence-corrected chi connectivity index (χ3v) is 3.65. The molecule has 0 aliphatic rings. The largest absolute Gasteiger partial charge is 0.375 e. The van der Waals surface area contributed by atoms with E-state index in [1.54, 1.807) is 12.1 Å². The van der Waals surface area contributed by atoms with E-state index >= 15 is 0 Å². The SMILES string of the molecule is CNS(=O)(=O)c1cccc(CNC(=O)COC)c1. The summed E-state index contributed by atoms with van der Waals surface area (Å²) in [4.78, 5) is 11.4. The van der Waals surface area contributed by atoms with Gasteiger partial charge in [-0.25, -0.2) is 13.1 Å². The van der Waals surface area contributed by atoms with Crippen LogP contribution in [0.2, 0.25) is 0 Å². The first-order valence-electron chi connectivity index (χ1n) is 5.27. The predicted molar refractivity (Wildman–Crippen MR) is 66.4 cm³/mol. The fourth-order valence-electron chi connectivity index (χ4n) is 1.32. The molecule has 1 aromatic rings. The van der Waals surface area contributed by atoms with Crippen LogP contribution in [0.3, 0.4) is 0 Å². The third kappa shape index (κ3) is 4.10. The highest BCUT2D eigenvalue weighted by Crippen LogP contribution is 2.10. The summed E-state index contributed by atoms with van der Waals surface area (Å²) in [6, 6.07) is 6.37. The standard InChI is InChI=1S/C11H16N2O4S/c1-12-18(15,16)10-5-3-4-9(6-10)7-13-11(14)8-17-2/h3-6,12H,7-8H2,1-2H3,(H,13,14). The lowest BCUT2D eigenvalue weighted by atomic mass is 10.2. The van der Waals surface area contributed by atoms with E-state index in [2.05, 4.69) is 14.8 Å². The number of nitrogens with one attached hydrogen (secondary N) is 2. The van der Waals surface area contributed by atoms with Crippen molar-refractivity contribution < 1.29 is 17.9 Å². The van der Waals surface area contributed by atoms with E-state index in [1.165, 1.54) is 26.3 Å². The van der Waals surface area contributed by atoms with Gasteiger partial charge in [0.25, 0.3) is 0 Å². The molecule has 1 amide bonds. The highest BCUT2D eigenvalue weighted by atomic mass is 32.2. The van der Waals surface area contributed by atoms with Crippen LogP contribution in [0.5, 0.6) is 0 Å². The van der Waals surface area contributed by atoms with Crippen molar-refractivity contribution in [1.82, 2.24) is 10.0 Å². The molecule has 7 heteroatoms. The third-order valence-electron chi connectivity index (χ3n) is 2.24. The van der Waals surface area contributed by atoms with Crippen LogP contribution in [0.25, 0.3) is 0 Å². The normalized spacial score (nSPS) is 11.2. The lowest BCUT2D eigenvalue weighted by Gasteiger charge is -2.07. The van der Waals surface area contributed by atoms with Crippen molar-refractivity contribution in [3.05, 3.63) is 29.8 Å². The quantitative estimate of drug-likeness (QED) is 0.754. The zero-order valence-corrected chi connectivity index (χ0v) is 11.1. The van der Waals surface area contributed by atoms with Gasteiger partial charge in [0.05, 0.1) is 4.90 Å². The lowest BCUT2D eigenvalue weighted by molar-refractivity contribution is -0.124. The van der Waals surface area contributed by atoms with E-state index < -0.39 is 10.0 Å². The molecule has 0 bridgehead atoms. The van der Waals surface area contributed by atoms with Crippen LogP contribution in [0.15, 0.2) is 29.2 Å². The van der Waals surface area contributed by atoms with Crippen molar-refractivity contribution in [2.75, 3.05) is 20.8 Å². The van der Waals surface area contributed by atoms with Crippen LogP contribution < -0.4 is 10.0 Å². The molecule has 0 atom stereocenters. The molecule has 0 saturated heterocycles. The second-order valence-electron chi connectivity index (χ2n) is 3.56. The zero-order chi connectivity index (χ0) is 13.6. The fourth-order valence-corrected chi connectivity index (χ4v) is 2.12. The Kier molecular flexibility index (Phi) is 5.26. The highest BCUT2D eigenvalue weighted by molar-refractivity contribution is 7.89. The van der Waals surface area contributed by atoms with Gasteiger partial charge in [0.1, 0.15) is 6.61 Å². The first-order valence-corrected chi connectivity index (χ1v) is 6.76. The van der Waals surface area contributed by atoms with E-state index in [-0.39, 0.29) is 24.0 Å². The van der Waals surface area contributed by atoms with Gasteiger partial charge < -0.3 is 10.1 Å². The maximum Gasteiger partial charge on any atom is 0.246 e. The highest BCUT2D eigenvalue weighted by Gasteiger charge is 2.11. The van der Waals surface area contributed by atoms with Gasteiger partial charge in [-0.3, -0.25) is 4.79 Å². The number of rotatable bonds is 6. The molecule has 0 fully saturated rings. The van der Waals surface area contributed by atoms with Gasteiger partial charge in [-0.05, 0) is 24.7 Å². The van der Waals surface area contributed by atoms with Crippen LogP contribution in [-0.4, -0.2) is 35.1 Å². The Morgan fingerprint density at radius 1 is 1.39 bits per heavy atom. The van der Waals surface area contributed by atoms with E-state index in [9.17, 15) is 13.2 Å². The summed E-state index contributed by atoms with van der Waals surface area (Å²) < 4.78 is 30.1. The Bertz CT molecular complexity index is 514. The second kappa shape index (κ2) is 6.48. The predicted octanol–water partition coefficient (Wildman–Crippen LogP) is -0.143. The number of sulfonamides is 1. The van der Waals surface area contributed by atoms with Gasteiger partial charge in [-0.15, -0.1) is 0 Å². The Morgan fingerprint density at radius 3 is 2.72 bits per heavy atom. The lowest BCUT2D eigenvalue weighted by Crippen LogP contribution is -2.26. The number of carbonyl (C=O) groups excluding carboxylic acids is 1. The molecule has 0 spiro atoms. The number of benzene rings is 1. The van der Waals surface area contributed by atoms with Gasteiger partial charge in [0.2, 0.25) is 15.9 Å². The molecule has 0 aromatic heterocycles. The summed E-state index contributed by atoms with van der Waals surface area (Å²) in [6.45, 7) is 0.240. The van der Waals surface area contributed by atoms with E-state index in [0.717, 1.165) is 0 Å². The number of ether oxygens (including phenoxy) is 1. The van der Waals surface area contributed by atoms with E-state index in [1.807, 2.05) is 0 Å².